The third-order valence-corrected chi connectivity index (χ3v) is 8.73. The van der Waals surface area contributed by atoms with Crippen molar-refractivity contribution in [1.82, 2.24) is 34.0 Å². The van der Waals surface area contributed by atoms with E-state index in [1.54, 1.807) is 10.7 Å². The average Bonchev–Trinajstić information content (AvgIpc) is 3.28. The minimum Gasteiger partial charge on any atom is -0.333 e. The zero-order valence-electron chi connectivity index (χ0n) is 22.9. The van der Waals surface area contributed by atoms with Crippen molar-refractivity contribution in [2.75, 3.05) is 11.9 Å². The van der Waals surface area contributed by atoms with Crippen LogP contribution >= 0.6 is 22.6 Å². The van der Waals surface area contributed by atoms with Gasteiger partial charge in [0.1, 0.15) is 11.5 Å². The lowest BCUT2D eigenvalue weighted by atomic mass is 10.1. The molecule has 1 aromatic carbocycles. The van der Waals surface area contributed by atoms with E-state index in [0.717, 1.165) is 38.8 Å². The van der Waals surface area contributed by atoms with Crippen molar-refractivity contribution in [2.45, 2.75) is 33.4 Å². The zero-order chi connectivity index (χ0) is 29.2. The monoisotopic (exact) mass is 676 g/mol. The van der Waals surface area contributed by atoms with Gasteiger partial charge in [-0.25, -0.2) is 19.5 Å². The van der Waals surface area contributed by atoms with Crippen molar-refractivity contribution in [1.29, 1.82) is 0 Å². The Bertz CT molecular complexity index is 1880. The molecule has 0 radical (unpaired) electrons. The Hall–Kier alpha value is -4.20. The van der Waals surface area contributed by atoms with Crippen molar-refractivity contribution in [3.63, 3.8) is 0 Å². The van der Waals surface area contributed by atoms with Crippen molar-refractivity contribution in [3.05, 3.63) is 81.8 Å². The lowest BCUT2D eigenvalue weighted by molar-refractivity contribution is -0.134. The molecule has 5 aromatic rings. The molecule has 0 spiro atoms. The number of halogens is 2. The van der Waals surface area contributed by atoms with Crippen LogP contribution in [0.15, 0.2) is 60.9 Å². The smallest absolute Gasteiger partial charge is 0.257 e. The third kappa shape index (κ3) is 4.82. The zero-order valence-corrected chi connectivity index (χ0v) is 25.0. The van der Waals surface area contributed by atoms with E-state index in [1.165, 1.54) is 12.3 Å². The number of nitrogens with zero attached hydrogens (tertiary/aromatic N) is 7. The molecule has 1 aliphatic carbocycles. The Morgan fingerprint density at radius 1 is 1.07 bits per heavy atom. The first-order chi connectivity index (χ1) is 20.2. The Labute approximate surface area is 254 Å². The van der Waals surface area contributed by atoms with Crippen LogP contribution in [0.2, 0.25) is 0 Å². The highest BCUT2D eigenvalue weighted by Crippen LogP contribution is 2.52. The molecule has 0 bridgehead atoms. The minimum absolute atomic E-state index is 0.0679. The summed E-state index contributed by atoms with van der Waals surface area (Å²) in [5, 5.41) is 7.54. The van der Waals surface area contributed by atoms with E-state index >= 15 is 0 Å². The van der Waals surface area contributed by atoms with Crippen LogP contribution in [0, 0.1) is 20.9 Å². The number of fused-ring (bicyclic) bond motifs is 2. The van der Waals surface area contributed by atoms with Gasteiger partial charge in [-0.1, -0.05) is 26.0 Å². The highest BCUT2D eigenvalue weighted by molar-refractivity contribution is 14.1. The van der Waals surface area contributed by atoms with Crippen LogP contribution in [0.1, 0.15) is 36.5 Å². The number of hydrogen-bond acceptors (Lipinski definition) is 6. The summed E-state index contributed by atoms with van der Waals surface area (Å²) in [6.45, 7) is 5.94. The number of imidazole rings is 2. The molecule has 1 N–H and O–H groups in total. The van der Waals surface area contributed by atoms with Gasteiger partial charge < -0.3 is 14.8 Å². The molecule has 2 aliphatic rings. The van der Waals surface area contributed by atoms with Gasteiger partial charge in [-0.2, -0.15) is 9.49 Å². The van der Waals surface area contributed by atoms with Gasteiger partial charge in [-0.05, 0) is 64.8 Å². The number of benzene rings is 1. The standard InChI is InChI=1S/C30H26FIN8O2/c1-30(2)14-20(30)29(42)38-11-12-39-25(16-38)36-26(17-3-5-19(32)6-4-17)27(39)21-7-8-24-34-23(15-40(24)37-21)35-28(41)18-9-10-33-22(31)13-18/h3-10,13,15,20H,11-12,14,16H2,1-2H3,(H,35,41). The highest BCUT2D eigenvalue weighted by Gasteiger charge is 2.52. The topological polar surface area (TPSA) is 110 Å². The maximum atomic E-state index is 13.5. The van der Waals surface area contributed by atoms with Crippen LogP contribution in [-0.2, 0) is 17.9 Å². The summed E-state index contributed by atoms with van der Waals surface area (Å²) in [4.78, 5) is 40.7. The number of anilines is 1. The lowest BCUT2D eigenvalue weighted by Gasteiger charge is -2.29. The van der Waals surface area contributed by atoms with Gasteiger partial charge in [-0.3, -0.25) is 9.59 Å². The summed E-state index contributed by atoms with van der Waals surface area (Å²) < 4.78 is 18.4. The van der Waals surface area contributed by atoms with Gasteiger partial charge in [-0.15, -0.1) is 0 Å². The summed E-state index contributed by atoms with van der Waals surface area (Å²) in [5.74, 6) is 0.148. The molecule has 1 unspecified atom stereocenters. The second-order valence-corrected chi connectivity index (χ2v) is 12.6. The fraction of sp³-hybridized carbons (Fsp3) is 0.267. The fourth-order valence-corrected chi connectivity index (χ4v) is 5.86. The van der Waals surface area contributed by atoms with E-state index in [0.29, 0.717) is 31.0 Å². The third-order valence-electron chi connectivity index (χ3n) is 8.01. The Kier molecular flexibility index (Phi) is 6.33. The van der Waals surface area contributed by atoms with E-state index in [-0.39, 0.29) is 28.6 Å². The molecule has 212 valence electrons. The van der Waals surface area contributed by atoms with Crippen LogP contribution < -0.4 is 5.32 Å². The van der Waals surface area contributed by atoms with E-state index in [4.69, 9.17) is 10.1 Å². The van der Waals surface area contributed by atoms with Crippen LogP contribution in [0.25, 0.3) is 28.3 Å². The predicted octanol–water partition coefficient (Wildman–Crippen LogP) is 5.04. The largest absolute Gasteiger partial charge is 0.333 e. The summed E-state index contributed by atoms with van der Waals surface area (Å²) in [6, 6.07) is 14.4. The van der Waals surface area contributed by atoms with Gasteiger partial charge in [0, 0.05) is 46.0 Å². The number of carbonyl (C=O) groups excluding carboxylic acids is 2. The molecule has 4 aromatic heterocycles. The number of aromatic nitrogens is 6. The molecular weight excluding hydrogens is 650 g/mol. The summed E-state index contributed by atoms with van der Waals surface area (Å²) >= 11 is 2.28. The van der Waals surface area contributed by atoms with Crippen molar-refractivity contribution >= 4 is 45.9 Å². The van der Waals surface area contributed by atoms with E-state index in [2.05, 4.69) is 56.3 Å². The summed E-state index contributed by atoms with van der Waals surface area (Å²) in [6.07, 6.45) is 3.78. The molecule has 42 heavy (non-hydrogen) atoms. The Balaban J connectivity index is 1.24. The first-order valence-electron chi connectivity index (χ1n) is 13.6. The predicted molar refractivity (Wildman–Crippen MR) is 162 cm³/mol. The molecule has 10 nitrogen and oxygen atoms in total. The first-order valence-corrected chi connectivity index (χ1v) is 14.7. The molecule has 1 aliphatic heterocycles. The summed E-state index contributed by atoms with van der Waals surface area (Å²) in [7, 11) is 0. The maximum Gasteiger partial charge on any atom is 0.257 e. The fourth-order valence-electron chi connectivity index (χ4n) is 5.50. The van der Waals surface area contributed by atoms with Crippen LogP contribution in [0.3, 0.4) is 0 Å². The van der Waals surface area contributed by atoms with Crippen LogP contribution in [-0.4, -0.2) is 52.4 Å². The van der Waals surface area contributed by atoms with Crippen LogP contribution in [0.4, 0.5) is 10.2 Å². The maximum absolute atomic E-state index is 13.5. The van der Waals surface area contributed by atoms with Crippen LogP contribution in [0.5, 0.6) is 0 Å². The molecule has 1 fully saturated rings. The molecule has 1 saturated carbocycles. The normalized spacial score (nSPS) is 17.2. The van der Waals surface area contributed by atoms with Gasteiger partial charge in [0.05, 0.1) is 24.1 Å². The number of amides is 2. The minimum atomic E-state index is -0.735. The van der Waals surface area contributed by atoms with Crippen molar-refractivity contribution in [2.24, 2.45) is 11.3 Å². The highest BCUT2D eigenvalue weighted by atomic mass is 127. The van der Waals surface area contributed by atoms with Crippen molar-refractivity contribution < 1.29 is 14.0 Å². The number of rotatable bonds is 5. The number of carbonyl (C=O) groups is 2. The van der Waals surface area contributed by atoms with Crippen molar-refractivity contribution in [3.8, 4) is 22.6 Å². The molecule has 2 amide bonds. The molecule has 0 saturated heterocycles. The average molecular weight is 676 g/mol. The molecule has 5 heterocycles. The number of hydrogen-bond donors (Lipinski definition) is 1. The molecule has 7 rings (SSSR count). The molecule has 1 atom stereocenters. The number of nitrogens with one attached hydrogen (secondary N) is 1. The van der Waals surface area contributed by atoms with E-state index < -0.39 is 11.9 Å². The summed E-state index contributed by atoms with van der Waals surface area (Å²) in [5.41, 5.74) is 4.04. The first kappa shape index (κ1) is 26.7. The van der Waals surface area contributed by atoms with E-state index in [9.17, 15) is 14.0 Å². The lowest BCUT2D eigenvalue weighted by Crippen LogP contribution is -2.40. The van der Waals surface area contributed by atoms with Gasteiger partial charge >= 0.3 is 0 Å². The van der Waals surface area contributed by atoms with Gasteiger partial charge in [0.25, 0.3) is 5.91 Å². The Morgan fingerprint density at radius 3 is 2.60 bits per heavy atom. The van der Waals surface area contributed by atoms with Gasteiger partial charge in [0.2, 0.25) is 11.9 Å². The molecule has 12 heteroatoms. The Morgan fingerprint density at radius 2 is 1.86 bits per heavy atom. The second-order valence-electron chi connectivity index (χ2n) is 11.4. The van der Waals surface area contributed by atoms with Gasteiger partial charge in [0.15, 0.2) is 11.5 Å². The second kappa shape index (κ2) is 9.96. The quantitative estimate of drug-likeness (QED) is 0.207. The van der Waals surface area contributed by atoms with E-state index in [1.807, 2.05) is 41.3 Å². The number of pyridine rings is 1. The SMILES string of the molecule is CC1(C)CC1C(=O)N1CCn2c(nc(-c3ccc(I)cc3)c2-c2ccc3nc(NC(=O)c4ccnc(F)c4)cn3n2)C1. The molecular formula is C30H26FIN8O2.